The molecule has 1 aliphatic carbocycles. The molecule has 3 unspecified atom stereocenters. The van der Waals surface area contributed by atoms with Crippen molar-refractivity contribution >= 4 is 39.1 Å². The molecular formula is C26H23ClN2. The first kappa shape index (κ1) is 17.2. The molecule has 6 rings (SSSR count). The van der Waals surface area contributed by atoms with Crippen molar-refractivity contribution in [3.8, 4) is 0 Å². The van der Waals surface area contributed by atoms with Gasteiger partial charge in [0, 0.05) is 45.0 Å². The average molecular weight is 399 g/mol. The maximum absolute atomic E-state index is 6.30. The number of aryl methyl sites for hydroxylation is 1. The van der Waals surface area contributed by atoms with Gasteiger partial charge in [0.1, 0.15) is 0 Å². The van der Waals surface area contributed by atoms with E-state index in [1.165, 1.54) is 38.6 Å². The number of aromatic nitrogens is 1. The second-order valence-corrected chi connectivity index (χ2v) is 8.68. The average Bonchev–Trinajstić information content (AvgIpc) is 3.36. The summed E-state index contributed by atoms with van der Waals surface area (Å²) >= 11 is 6.30. The van der Waals surface area contributed by atoms with Crippen molar-refractivity contribution in [3.63, 3.8) is 0 Å². The fraction of sp³-hybridized carbons (Fsp3) is 0.231. The smallest absolute Gasteiger partial charge is 0.0554 e. The number of hydrogen-bond donors (Lipinski definition) is 1. The van der Waals surface area contributed by atoms with E-state index >= 15 is 0 Å². The summed E-state index contributed by atoms with van der Waals surface area (Å²) in [5.74, 6) is 0.959. The fourth-order valence-corrected chi connectivity index (χ4v) is 5.68. The lowest BCUT2D eigenvalue weighted by atomic mass is 9.77. The van der Waals surface area contributed by atoms with Crippen LogP contribution in [0, 0.1) is 5.92 Å². The highest BCUT2D eigenvalue weighted by Crippen LogP contribution is 2.50. The number of hydrogen-bond acceptors (Lipinski definition) is 1. The molecule has 0 fully saturated rings. The van der Waals surface area contributed by atoms with Crippen molar-refractivity contribution in [1.29, 1.82) is 0 Å². The molecular weight excluding hydrogens is 376 g/mol. The first-order chi connectivity index (χ1) is 14.2. The third-order valence-electron chi connectivity index (χ3n) is 6.80. The van der Waals surface area contributed by atoms with Gasteiger partial charge < -0.3 is 9.88 Å². The van der Waals surface area contributed by atoms with Gasteiger partial charge in [0.25, 0.3) is 0 Å². The van der Waals surface area contributed by atoms with Gasteiger partial charge in [0.05, 0.1) is 6.04 Å². The van der Waals surface area contributed by atoms with E-state index in [4.69, 9.17) is 11.6 Å². The van der Waals surface area contributed by atoms with Gasteiger partial charge in [-0.1, -0.05) is 48.0 Å². The first-order valence-electron chi connectivity index (χ1n) is 10.5. The van der Waals surface area contributed by atoms with Gasteiger partial charge in [0.15, 0.2) is 0 Å². The van der Waals surface area contributed by atoms with Crippen LogP contribution in [0.25, 0.3) is 21.8 Å². The molecule has 0 spiro atoms. The molecule has 1 N–H and O–H groups in total. The SMILES string of the molecule is CCn1c2ccccc2c2cc(C3Nc4ccc(Cl)cc4C4C=CCC43)ccc21. The van der Waals surface area contributed by atoms with Gasteiger partial charge in [0.2, 0.25) is 0 Å². The minimum absolute atomic E-state index is 0.303. The Labute approximate surface area is 175 Å². The highest BCUT2D eigenvalue weighted by molar-refractivity contribution is 6.30. The van der Waals surface area contributed by atoms with Crippen LogP contribution in [0.3, 0.4) is 0 Å². The molecule has 3 heteroatoms. The summed E-state index contributed by atoms with van der Waals surface area (Å²) in [6, 6.07) is 22.4. The lowest BCUT2D eigenvalue weighted by Crippen LogP contribution is -2.29. The van der Waals surface area contributed by atoms with Gasteiger partial charge in [-0.3, -0.25) is 0 Å². The first-order valence-corrected chi connectivity index (χ1v) is 10.9. The highest BCUT2D eigenvalue weighted by Gasteiger charge is 2.38. The summed E-state index contributed by atoms with van der Waals surface area (Å²) in [7, 11) is 0. The van der Waals surface area contributed by atoms with Gasteiger partial charge in [-0.05, 0) is 66.8 Å². The van der Waals surface area contributed by atoms with Crippen LogP contribution < -0.4 is 5.32 Å². The van der Waals surface area contributed by atoms with Crippen LogP contribution in [0.15, 0.2) is 72.8 Å². The molecule has 4 aromatic rings. The van der Waals surface area contributed by atoms with E-state index < -0.39 is 0 Å². The van der Waals surface area contributed by atoms with Crippen molar-refractivity contribution in [3.05, 3.63) is 89.0 Å². The maximum atomic E-state index is 6.30. The van der Waals surface area contributed by atoms with Crippen LogP contribution in [0.5, 0.6) is 0 Å². The molecule has 0 bridgehead atoms. The number of para-hydroxylation sites is 1. The van der Waals surface area contributed by atoms with Crippen LogP contribution >= 0.6 is 11.6 Å². The Kier molecular flexibility index (Phi) is 3.79. The van der Waals surface area contributed by atoms with E-state index in [2.05, 4.69) is 83.6 Å². The molecule has 144 valence electrons. The van der Waals surface area contributed by atoms with Crippen LogP contribution in [-0.4, -0.2) is 4.57 Å². The Bertz CT molecular complexity index is 1280. The summed E-state index contributed by atoms with van der Waals surface area (Å²) in [6.45, 7) is 3.20. The van der Waals surface area contributed by atoms with Crippen molar-refractivity contribution in [2.45, 2.75) is 31.8 Å². The number of fused-ring (bicyclic) bond motifs is 6. The minimum atomic E-state index is 0.303. The number of halogens is 1. The molecule has 2 aliphatic rings. The molecule has 29 heavy (non-hydrogen) atoms. The molecule has 2 heterocycles. The summed E-state index contributed by atoms with van der Waals surface area (Å²) in [5, 5.41) is 7.35. The molecule has 1 aliphatic heterocycles. The van der Waals surface area contributed by atoms with E-state index in [1.807, 2.05) is 6.07 Å². The van der Waals surface area contributed by atoms with Gasteiger partial charge >= 0.3 is 0 Å². The molecule has 0 saturated carbocycles. The fourth-order valence-electron chi connectivity index (χ4n) is 5.50. The normalized spacial score (nSPS) is 22.6. The van der Waals surface area contributed by atoms with E-state index in [1.54, 1.807) is 0 Å². The lowest BCUT2D eigenvalue weighted by Gasteiger charge is -2.37. The van der Waals surface area contributed by atoms with Gasteiger partial charge in [-0.25, -0.2) is 0 Å². The van der Waals surface area contributed by atoms with E-state index in [0.29, 0.717) is 17.9 Å². The van der Waals surface area contributed by atoms with Crippen molar-refractivity contribution in [2.24, 2.45) is 5.92 Å². The number of allylic oxidation sites excluding steroid dienone is 2. The molecule has 0 radical (unpaired) electrons. The predicted molar refractivity (Wildman–Crippen MR) is 123 cm³/mol. The third-order valence-corrected chi connectivity index (χ3v) is 7.03. The number of anilines is 1. The summed E-state index contributed by atoms with van der Waals surface area (Å²) in [5.41, 5.74) is 6.55. The Morgan fingerprint density at radius 2 is 1.86 bits per heavy atom. The predicted octanol–water partition coefficient (Wildman–Crippen LogP) is 7.29. The standard InChI is InChI=1S/C26H23ClN2/c1-2-29-24-9-4-3-6-19(24)22-14-16(10-13-25(22)29)26-20-8-5-7-18(20)21-15-17(27)11-12-23(21)28-26/h3-7,9-15,18,20,26,28H,2,8H2,1H3. The Hall–Kier alpha value is -2.71. The van der Waals surface area contributed by atoms with Crippen molar-refractivity contribution in [2.75, 3.05) is 5.32 Å². The van der Waals surface area contributed by atoms with E-state index in [9.17, 15) is 0 Å². The second-order valence-electron chi connectivity index (χ2n) is 8.25. The molecule has 1 aromatic heterocycles. The van der Waals surface area contributed by atoms with Crippen molar-refractivity contribution in [1.82, 2.24) is 4.57 Å². The molecule has 0 saturated heterocycles. The molecule has 0 amide bonds. The number of benzene rings is 3. The Morgan fingerprint density at radius 3 is 2.76 bits per heavy atom. The van der Waals surface area contributed by atoms with Gasteiger partial charge in [-0.15, -0.1) is 0 Å². The molecule has 2 nitrogen and oxygen atoms in total. The number of rotatable bonds is 2. The molecule has 3 aromatic carbocycles. The summed E-state index contributed by atoms with van der Waals surface area (Å²) in [4.78, 5) is 0. The van der Waals surface area contributed by atoms with E-state index in [0.717, 1.165) is 18.0 Å². The summed E-state index contributed by atoms with van der Waals surface area (Å²) in [6.07, 6.45) is 5.81. The zero-order chi connectivity index (χ0) is 19.5. The number of nitrogens with zero attached hydrogens (tertiary/aromatic N) is 1. The van der Waals surface area contributed by atoms with E-state index in [-0.39, 0.29) is 0 Å². The number of nitrogens with one attached hydrogen (secondary N) is 1. The summed E-state index contributed by atoms with van der Waals surface area (Å²) < 4.78 is 2.42. The largest absolute Gasteiger partial charge is 0.378 e. The van der Waals surface area contributed by atoms with Crippen LogP contribution in [0.2, 0.25) is 5.02 Å². The maximum Gasteiger partial charge on any atom is 0.0554 e. The molecule has 3 atom stereocenters. The third kappa shape index (κ3) is 2.49. The quantitative estimate of drug-likeness (QED) is 0.350. The zero-order valence-corrected chi connectivity index (χ0v) is 17.2. The zero-order valence-electron chi connectivity index (χ0n) is 16.4. The lowest BCUT2D eigenvalue weighted by molar-refractivity contribution is 0.426. The van der Waals surface area contributed by atoms with Crippen LogP contribution in [0.1, 0.15) is 36.4 Å². The van der Waals surface area contributed by atoms with Crippen LogP contribution in [-0.2, 0) is 6.54 Å². The highest BCUT2D eigenvalue weighted by atomic mass is 35.5. The Morgan fingerprint density at radius 1 is 1.00 bits per heavy atom. The van der Waals surface area contributed by atoms with Crippen molar-refractivity contribution < 1.29 is 0 Å². The topological polar surface area (TPSA) is 17.0 Å². The van der Waals surface area contributed by atoms with Gasteiger partial charge in [-0.2, -0.15) is 0 Å². The second kappa shape index (κ2) is 6.40. The Balaban J connectivity index is 1.52. The van der Waals surface area contributed by atoms with Crippen LogP contribution in [0.4, 0.5) is 5.69 Å². The minimum Gasteiger partial charge on any atom is -0.378 e. The monoisotopic (exact) mass is 398 g/mol.